The molecule has 14 nitrogen and oxygen atoms in total. The normalized spacial score (nSPS) is 25.5. The van der Waals surface area contributed by atoms with E-state index in [0.717, 1.165) is 65.5 Å². The molecule has 17 heteroatoms. The van der Waals surface area contributed by atoms with Gasteiger partial charge in [0.05, 0.1) is 28.9 Å². The minimum Gasteiger partial charge on any atom is -0.363 e. The molecule has 6 aliphatic rings. The summed E-state index contributed by atoms with van der Waals surface area (Å²) in [5.41, 5.74) is 3.75. The number of imide groups is 2. The quantitative estimate of drug-likeness (QED) is 0.249. The lowest BCUT2D eigenvalue weighted by Crippen LogP contribution is -2.54. The minimum atomic E-state index is -1.11. The summed E-state index contributed by atoms with van der Waals surface area (Å²) < 4.78 is 17.8. The largest absolute Gasteiger partial charge is 0.363 e. The first-order valence-corrected chi connectivity index (χ1v) is 21.9. The van der Waals surface area contributed by atoms with Crippen LogP contribution in [0.3, 0.4) is 0 Å². The first-order chi connectivity index (χ1) is 28.8. The van der Waals surface area contributed by atoms with E-state index in [4.69, 9.17) is 11.6 Å². The number of piperidine rings is 2. The molecule has 2 bridgehead atoms. The topological polar surface area (TPSA) is 153 Å². The Morgan fingerprint density at radius 2 is 1.68 bits per heavy atom. The summed E-state index contributed by atoms with van der Waals surface area (Å²) in [7, 11) is 0. The van der Waals surface area contributed by atoms with E-state index in [-0.39, 0.29) is 66.2 Å². The van der Waals surface area contributed by atoms with Gasteiger partial charge in [-0.3, -0.25) is 49.0 Å². The van der Waals surface area contributed by atoms with Crippen LogP contribution in [0.15, 0.2) is 36.4 Å². The van der Waals surface area contributed by atoms with Crippen molar-refractivity contribution in [3.05, 3.63) is 91.6 Å². The van der Waals surface area contributed by atoms with Crippen molar-refractivity contribution in [2.45, 2.75) is 89.5 Å². The maximum atomic E-state index is 15.7. The molecule has 0 radical (unpaired) electrons. The first kappa shape index (κ1) is 39.1. The van der Waals surface area contributed by atoms with Gasteiger partial charge in [-0.15, -0.1) is 21.5 Å². The number of rotatable bonds is 7. The average molecular weight is 854 g/mol. The number of nitrogens with zero attached hydrogens (tertiary/aromatic N) is 7. The summed E-state index contributed by atoms with van der Waals surface area (Å²) in [6.07, 6.45) is 2.95. The van der Waals surface area contributed by atoms with Crippen LogP contribution in [0.25, 0.3) is 5.00 Å². The molecule has 4 fully saturated rings. The van der Waals surface area contributed by atoms with Crippen molar-refractivity contribution in [3.8, 4) is 5.00 Å². The van der Waals surface area contributed by atoms with Gasteiger partial charge in [-0.05, 0) is 87.8 Å². The Labute approximate surface area is 355 Å². The molecule has 0 aliphatic carbocycles. The highest BCUT2D eigenvalue weighted by atomic mass is 35.5. The molecule has 8 heterocycles. The monoisotopic (exact) mass is 853 g/mol. The van der Waals surface area contributed by atoms with Crippen molar-refractivity contribution >= 4 is 58.2 Å². The van der Waals surface area contributed by atoms with Crippen LogP contribution < -0.4 is 15.5 Å². The third-order valence-electron chi connectivity index (χ3n) is 13.6. The zero-order chi connectivity index (χ0) is 41.7. The maximum absolute atomic E-state index is 15.7. The van der Waals surface area contributed by atoms with Gasteiger partial charge in [-0.25, -0.2) is 4.39 Å². The van der Waals surface area contributed by atoms with E-state index in [0.29, 0.717) is 30.6 Å². The molecule has 2 aromatic carbocycles. The number of piperazine rings is 1. The lowest BCUT2D eigenvalue weighted by atomic mass is 9.94. The molecule has 5 amide bonds. The second kappa shape index (κ2) is 14.9. The van der Waals surface area contributed by atoms with E-state index in [9.17, 15) is 24.0 Å². The van der Waals surface area contributed by atoms with Crippen molar-refractivity contribution < 1.29 is 28.4 Å². The Morgan fingerprint density at radius 3 is 2.38 bits per heavy atom. The molecule has 312 valence electrons. The Kier molecular flexibility index (Phi) is 9.69. The first-order valence-electron chi connectivity index (χ1n) is 20.7. The average Bonchev–Trinajstić information content (AvgIpc) is 4.02. The van der Waals surface area contributed by atoms with Gasteiger partial charge in [-0.1, -0.05) is 23.7 Å². The number of benzene rings is 2. The van der Waals surface area contributed by atoms with Crippen molar-refractivity contribution in [1.82, 2.24) is 40.1 Å². The number of likely N-dealkylation sites (tertiary alicyclic amines) is 2. The molecule has 60 heavy (non-hydrogen) atoms. The van der Waals surface area contributed by atoms with E-state index in [1.165, 1.54) is 22.1 Å². The smallest absolute Gasteiger partial charge is 0.262 e. The number of thiophene rings is 1. The van der Waals surface area contributed by atoms with Crippen LogP contribution >= 0.6 is 22.9 Å². The van der Waals surface area contributed by atoms with Gasteiger partial charge in [0, 0.05) is 73.1 Å². The van der Waals surface area contributed by atoms with Crippen molar-refractivity contribution in [2.24, 2.45) is 5.92 Å². The highest BCUT2D eigenvalue weighted by molar-refractivity contribution is 7.14. The van der Waals surface area contributed by atoms with Crippen LogP contribution in [0, 0.1) is 32.5 Å². The zero-order valence-electron chi connectivity index (χ0n) is 33.5. The summed E-state index contributed by atoms with van der Waals surface area (Å²) in [6.45, 7) is 9.83. The SMILES string of the molecule is Cc1sc2c(c1C)[C@H](c1ccc(Cl)cc1)NC(CC(=O)N1CCC(CN3CC4CC3CN4c3cc4c(cc3F)C(=O)N(C3CCC(=O)NC3=O)C4=O)CC1)c1nnc(C)n1-2. The minimum absolute atomic E-state index is 0.0149. The number of hydrogen-bond acceptors (Lipinski definition) is 11. The summed E-state index contributed by atoms with van der Waals surface area (Å²) in [5, 5.41) is 16.9. The summed E-state index contributed by atoms with van der Waals surface area (Å²) in [4.78, 5) is 73.5. The highest BCUT2D eigenvalue weighted by Gasteiger charge is 2.48. The van der Waals surface area contributed by atoms with Gasteiger partial charge in [0.15, 0.2) is 5.82 Å². The molecule has 6 aliphatic heterocycles. The number of fused-ring (bicyclic) bond motifs is 6. The Bertz CT molecular complexity index is 2480. The van der Waals surface area contributed by atoms with Gasteiger partial charge < -0.3 is 9.80 Å². The van der Waals surface area contributed by atoms with Crippen LogP contribution in [0.5, 0.6) is 0 Å². The molecule has 0 spiro atoms. The number of aryl methyl sites for hydroxylation is 2. The van der Waals surface area contributed by atoms with E-state index in [2.05, 4.69) is 44.1 Å². The van der Waals surface area contributed by atoms with E-state index >= 15 is 4.39 Å². The van der Waals surface area contributed by atoms with Crippen LogP contribution in [-0.4, -0.2) is 110 Å². The predicted molar refractivity (Wildman–Crippen MR) is 221 cm³/mol. The molecular formula is C43H45ClFN9O5S. The molecule has 5 atom stereocenters. The summed E-state index contributed by atoms with van der Waals surface area (Å²) in [5.74, 6) is -1.07. The molecule has 2 aromatic heterocycles. The molecule has 10 rings (SSSR count). The lowest BCUT2D eigenvalue weighted by Gasteiger charge is -2.39. The number of anilines is 1. The van der Waals surface area contributed by atoms with Crippen molar-refractivity contribution in [1.29, 1.82) is 0 Å². The van der Waals surface area contributed by atoms with Crippen LogP contribution in [-0.2, 0) is 14.4 Å². The number of carbonyl (C=O) groups is 5. The van der Waals surface area contributed by atoms with Crippen LogP contribution in [0.1, 0.15) is 105 Å². The lowest BCUT2D eigenvalue weighted by molar-refractivity contribution is -0.136. The molecule has 2 N–H and O–H groups in total. The maximum Gasteiger partial charge on any atom is 0.262 e. The van der Waals surface area contributed by atoms with Gasteiger partial charge in [0.2, 0.25) is 17.7 Å². The van der Waals surface area contributed by atoms with Gasteiger partial charge in [0.25, 0.3) is 11.8 Å². The number of halogens is 2. The molecule has 0 saturated carbocycles. The number of amides is 5. The number of hydrogen-bond donors (Lipinski definition) is 2. The Balaban J connectivity index is 0.773. The second-order valence-corrected chi connectivity index (χ2v) is 18.8. The standard InChI is InChI=1S/C43H45ClFN9O5S/c1-21-22(2)60-43-37(21)38(25-4-6-26(44)7-5-25)46-32(39-49-48-23(3)53(39)43)17-36(56)50-12-10-24(11-13-50)18-51-19-28-14-27(51)20-52(28)34-16-30-29(15-31(34)45)41(58)54(42(30)59)33-8-9-35(55)47-40(33)57/h4-7,15-16,24,27-28,32-33,38,46H,8-14,17-20H2,1-3H3,(H,47,55,57)/t27?,28?,32?,33?,38-/m0/s1. The molecular weight excluding hydrogens is 809 g/mol. The summed E-state index contributed by atoms with van der Waals surface area (Å²) in [6, 6.07) is 9.09. The fraction of sp³-hybridized carbons (Fsp3) is 0.465. The second-order valence-electron chi connectivity index (χ2n) is 17.1. The molecule has 4 saturated heterocycles. The van der Waals surface area contributed by atoms with Gasteiger partial charge in [-0.2, -0.15) is 0 Å². The molecule has 4 aromatic rings. The third-order valence-corrected chi connectivity index (χ3v) is 15.1. The number of nitrogens with one attached hydrogen (secondary N) is 2. The number of carbonyl (C=O) groups excluding carboxylic acids is 5. The van der Waals surface area contributed by atoms with E-state index in [1.807, 2.05) is 41.0 Å². The Morgan fingerprint density at radius 1 is 0.950 bits per heavy atom. The van der Waals surface area contributed by atoms with Crippen LogP contribution in [0.2, 0.25) is 5.02 Å². The molecule has 4 unspecified atom stereocenters. The fourth-order valence-electron chi connectivity index (χ4n) is 10.4. The van der Waals surface area contributed by atoms with Crippen molar-refractivity contribution in [2.75, 3.05) is 37.6 Å². The van der Waals surface area contributed by atoms with Gasteiger partial charge >= 0.3 is 0 Å². The van der Waals surface area contributed by atoms with Gasteiger partial charge in [0.1, 0.15) is 22.7 Å². The van der Waals surface area contributed by atoms with E-state index < -0.39 is 35.5 Å². The van der Waals surface area contributed by atoms with Crippen molar-refractivity contribution in [3.63, 3.8) is 0 Å². The van der Waals surface area contributed by atoms with Crippen LogP contribution in [0.4, 0.5) is 10.1 Å². The van der Waals surface area contributed by atoms with E-state index in [1.54, 1.807) is 11.3 Å². The fourth-order valence-corrected chi connectivity index (χ4v) is 11.8. The predicted octanol–water partition coefficient (Wildman–Crippen LogP) is 4.77. The zero-order valence-corrected chi connectivity index (χ0v) is 35.1. The highest BCUT2D eigenvalue weighted by Crippen LogP contribution is 2.44. The Hall–Kier alpha value is -5.03. The summed E-state index contributed by atoms with van der Waals surface area (Å²) >= 11 is 8.02. The third kappa shape index (κ3) is 6.45. The number of aromatic nitrogens is 3.